The molecule has 1 fully saturated rings. The van der Waals surface area contributed by atoms with Gasteiger partial charge in [-0.15, -0.1) is 12.4 Å². The Labute approximate surface area is 231 Å². The van der Waals surface area contributed by atoms with E-state index in [-0.39, 0.29) is 36.3 Å². The molecule has 0 aromatic heterocycles. The minimum absolute atomic E-state index is 0. The van der Waals surface area contributed by atoms with Crippen LogP contribution in [0.5, 0.6) is 5.75 Å². The van der Waals surface area contributed by atoms with Crippen molar-refractivity contribution < 1.29 is 14.3 Å². The van der Waals surface area contributed by atoms with Crippen molar-refractivity contribution in [2.45, 2.75) is 44.4 Å². The highest BCUT2D eigenvalue weighted by atomic mass is 79.9. The van der Waals surface area contributed by atoms with Crippen LogP contribution < -0.4 is 25.6 Å². The van der Waals surface area contributed by atoms with Crippen LogP contribution in [0.4, 0.5) is 5.69 Å². The number of aryl methyl sites for hydroxylation is 1. The molecule has 1 saturated heterocycles. The standard InChI is InChI=1S/C28H31BrN4O3.ClH/c1-17(31-21-14-30-15-21)27(34)32-24-11-7-18-5-3-4-6-25(18)33(28(24)35)16-23-22-10-9-20(29)13-19(22)8-12-26(23)36-2;/h3-6,8-10,12-13,17,21,24,30-31H,7,11,14-16H2,1-2H3,(H,32,34);1H/t17-,24-;/m0./s1. The summed E-state index contributed by atoms with van der Waals surface area (Å²) in [6.45, 7) is 3.89. The number of carbonyl (C=O) groups excluding carboxylic acids is 2. The van der Waals surface area contributed by atoms with Crippen molar-refractivity contribution in [1.82, 2.24) is 16.0 Å². The van der Waals surface area contributed by atoms with Crippen LogP contribution in [0.2, 0.25) is 0 Å². The lowest BCUT2D eigenvalue weighted by Gasteiger charge is -2.32. The fourth-order valence-corrected chi connectivity index (χ4v) is 5.38. The Kier molecular flexibility index (Phi) is 8.75. The van der Waals surface area contributed by atoms with Gasteiger partial charge in [-0.25, -0.2) is 0 Å². The first-order chi connectivity index (χ1) is 17.4. The average molecular weight is 588 g/mol. The number of nitrogens with one attached hydrogen (secondary N) is 3. The quantitative estimate of drug-likeness (QED) is 0.390. The highest BCUT2D eigenvalue weighted by Crippen LogP contribution is 2.35. The second-order valence-corrected chi connectivity index (χ2v) is 10.4. The molecule has 0 spiro atoms. The Hall–Kier alpha value is -2.65. The zero-order valence-corrected chi connectivity index (χ0v) is 23.3. The maximum atomic E-state index is 14.0. The number of hydrogen-bond acceptors (Lipinski definition) is 5. The van der Waals surface area contributed by atoms with Gasteiger partial charge in [0.05, 0.1) is 19.7 Å². The van der Waals surface area contributed by atoms with Gasteiger partial charge in [0.2, 0.25) is 11.8 Å². The minimum Gasteiger partial charge on any atom is -0.496 e. The molecule has 0 aliphatic carbocycles. The first-order valence-electron chi connectivity index (χ1n) is 12.4. The molecule has 3 aromatic carbocycles. The lowest BCUT2D eigenvalue weighted by atomic mass is 10.0. The van der Waals surface area contributed by atoms with Gasteiger partial charge in [0.25, 0.3) is 0 Å². The number of carbonyl (C=O) groups is 2. The van der Waals surface area contributed by atoms with Crippen molar-refractivity contribution in [1.29, 1.82) is 0 Å². The van der Waals surface area contributed by atoms with E-state index < -0.39 is 6.04 Å². The van der Waals surface area contributed by atoms with E-state index in [1.165, 1.54) is 0 Å². The summed E-state index contributed by atoms with van der Waals surface area (Å²) in [7, 11) is 1.65. The van der Waals surface area contributed by atoms with Gasteiger partial charge in [-0.1, -0.05) is 46.3 Å². The molecule has 0 saturated carbocycles. The third kappa shape index (κ3) is 5.77. The highest BCUT2D eigenvalue weighted by Gasteiger charge is 2.33. The van der Waals surface area contributed by atoms with Gasteiger partial charge in [0.15, 0.2) is 0 Å². The summed E-state index contributed by atoms with van der Waals surface area (Å²) in [5, 5.41) is 11.6. The zero-order valence-electron chi connectivity index (χ0n) is 20.9. The Balaban J connectivity index is 0.00000320. The predicted octanol–water partition coefficient (Wildman–Crippen LogP) is 3.95. The van der Waals surface area contributed by atoms with E-state index in [0.717, 1.165) is 50.9 Å². The normalized spacial score (nSPS) is 18.3. The van der Waals surface area contributed by atoms with Crippen LogP contribution in [0.25, 0.3) is 10.8 Å². The lowest BCUT2D eigenvalue weighted by Crippen LogP contribution is -2.61. The second-order valence-electron chi connectivity index (χ2n) is 9.51. The van der Waals surface area contributed by atoms with Crippen molar-refractivity contribution in [2.24, 2.45) is 0 Å². The molecule has 5 rings (SSSR count). The van der Waals surface area contributed by atoms with Crippen LogP contribution in [0.1, 0.15) is 24.5 Å². The molecule has 9 heteroatoms. The number of methoxy groups -OCH3 is 1. The second kappa shape index (κ2) is 11.8. The number of anilines is 1. The molecule has 7 nitrogen and oxygen atoms in total. The van der Waals surface area contributed by atoms with E-state index in [1.807, 2.05) is 49.4 Å². The van der Waals surface area contributed by atoms with Crippen molar-refractivity contribution in [3.05, 3.63) is 70.2 Å². The first-order valence-corrected chi connectivity index (χ1v) is 13.2. The minimum atomic E-state index is -0.608. The lowest BCUT2D eigenvalue weighted by molar-refractivity contribution is -0.128. The highest BCUT2D eigenvalue weighted by molar-refractivity contribution is 9.10. The summed E-state index contributed by atoms with van der Waals surface area (Å²) < 4.78 is 6.71. The molecule has 196 valence electrons. The van der Waals surface area contributed by atoms with Gasteiger partial charge in [-0.3, -0.25) is 9.59 Å². The monoisotopic (exact) mass is 586 g/mol. The van der Waals surface area contributed by atoms with Crippen molar-refractivity contribution >= 4 is 56.6 Å². The fourth-order valence-electron chi connectivity index (χ4n) is 5.00. The van der Waals surface area contributed by atoms with E-state index in [9.17, 15) is 9.59 Å². The van der Waals surface area contributed by atoms with Gasteiger partial charge < -0.3 is 25.6 Å². The zero-order chi connectivity index (χ0) is 25.2. The summed E-state index contributed by atoms with van der Waals surface area (Å²) >= 11 is 3.55. The van der Waals surface area contributed by atoms with Gasteiger partial charge in [-0.2, -0.15) is 0 Å². The molecule has 2 amide bonds. The van der Waals surface area contributed by atoms with E-state index in [2.05, 4.69) is 44.0 Å². The molecule has 2 atom stereocenters. The smallest absolute Gasteiger partial charge is 0.249 e. The maximum Gasteiger partial charge on any atom is 0.249 e. The Morgan fingerprint density at radius 2 is 1.97 bits per heavy atom. The van der Waals surface area contributed by atoms with Gasteiger partial charge in [0.1, 0.15) is 11.8 Å². The van der Waals surface area contributed by atoms with E-state index in [0.29, 0.717) is 19.4 Å². The molecular weight excluding hydrogens is 556 g/mol. The molecule has 2 heterocycles. The average Bonchev–Trinajstić information content (AvgIpc) is 2.98. The largest absolute Gasteiger partial charge is 0.496 e. The Morgan fingerprint density at radius 1 is 1.19 bits per heavy atom. The number of benzene rings is 3. The summed E-state index contributed by atoms with van der Waals surface area (Å²) in [5.74, 6) is 0.465. The Morgan fingerprint density at radius 3 is 2.70 bits per heavy atom. The summed E-state index contributed by atoms with van der Waals surface area (Å²) in [6, 6.07) is 17.4. The maximum absolute atomic E-state index is 14.0. The molecule has 37 heavy (non-hydrogen) atoms. The number of para-hydroxylation sites is 1. The molecule has 2 aliphatic rings. The molecule has 3 N–H and O–H groups in total. The third-order valence-corrected chi connectivity index (χ3v) is 7.61. The summed E-state index contributed by atoms with van der Waals surface area (Å²) in [5.41, 5.74) is 2.91. The number of fused-ring (bicyclic) bond motifs is 2. The van der Waals surface area contributed by atoms with Crippen molar-refractivity contribution in [3.63, 3.8) is 0 Å². The van der Waals surface area contributed by atoms with Crippen LogP contribution in [-0.4, -0.2) is 50.1 Å². The van der Waals surface area contributed by atoms with Crippen LogP contribution in [-0.2, 0) is 22.6 Å². The molecule has 3 aromatic rings. The number of hydrogen-bond donors (Lipinski definition) is 3. The molecule has 2 aliphatic heterocycles. The summed E-state index contributed by atoms with van der Waals surface area (Å²) in [6.07, 6.45) is 1.26. The van der Waals surface area contributed by atoms with E-state index in [4.69, 9.17) is 4.74 Å². The van der Waals surface area contributed by atoms with Crippen molar-refractivity contribution in [2.75, 3.05) is 25.1 Å². The van der Waals surface area contributed by atoms with Gasteiger partial charge in [-0.05, 0) is 60.4 Å². The molecule has 0 radical (unpaired) electrons. The number of ether oxygens (including phenoxy) is 1. The van der Waals surface area contributed by atoms with Crippen LogP contribution in [0, 0.1) is 0 Å². The fraction of sp³-hybridized carbons (Fsp3) is 0.357. The predicted molar refractivity (Wildman–Crippen MR) is 153 cm³/mol. The topological polar surface area (TPSA) is 82.7 Å². The number of halogens is 2. The van der Waals surface area contributed by atoms with Crippen LogP contribution in [0.15, 0.2) is 59.1 Å². The number of nitrogens with zero attached hydrogens (tertiary/aromatic N) is 1. The third-order valence-electron chi connectivity index (χ3n) is 7.11. The number of amides is 2. The van der Waals surface area contributed by atoms with E-state index in [1.54, 1.807) is 12.0 Å². The summed E-state index contributed by atoms with van der Waals surface area (Å²) in [4.78, 5) is 28.8. The van der Waals surface area contributed by atoms with E-state index >= 15 is 0 Å². The molecule has 0 unspecified atom stereocenters. The van der Waals surface area contributed by atoms with Gasteiger partial charge in [0, 0.05) is 34.9 Å². The Bertz CT molecular complexity index is 1300. The molecular formula is C28H32BrClN4O3. The van der Waals surface area contributed by atoms with Crippen molar-refractivity contribution in [3.8, 4) is 5.75 Å². The number of rotatable bonds is 7. The molecule has 0 bridgehead atoms. The van der Waals surface area contributed by atoms with Crippen LogP contribution in [0.3, 0.4) is 0 Å². The first kappa shape index (κ1) is 27.4. The SMILES string of the molecule is COc1ccc2cc(Br)ccc2c1CN1C(=O)[C@@H](NC(=O)[C@H](C)NC2CNC2)CCc2ccccc21.Cl. The van der Waals surface area contributed by atoms with Gasteiger partial charge >= 0.3 is 0 Å². The van der Waals surface area contributed by atoms with Crippen LogP contribution >= 0.6 is 28.3 Å².